The van der Waals surface area contributed by atoms with Crippen molar-refractivity contribution in [3.8, 4) is 5.75 Å². The largest absolute Gasteiger partial charge is 0.458 e. The lowest BCUT2D eigenvalue weighted by Crippen LogP contribution is -2.33. The van der Waals surface area contributed by atoms with Gasteiger partial charge in [-0.3, -0.25) is 4.79 Å². The number of Topliss-reactive ketones (excluding diaryl/α,β-unsaturated/α-hetero) is 1. The summed E-state index contributed by atoms with van der Waals surface area (Å²) in [5.41, 5.74) is -0.604. The summed E-state index contributed by atoms with van der Waals surface area (Å²) in [5, 5.41) is 0. The van der Waals surface area contributed by atoms with Gasteiger partial charge in [-0.15, -0.1) is 0 Å². The Balaban J connectivity index is 2.34. The van der Waals surface area contributed by atoms with Crippen molar-refractivity contribution >= 4 is 5.78 Å². The summed E-state index contributed by atoms with van der Waals surface area (Å²) >= 11 is 0. The van der Waals surface area contributed by atoms with Gasteiger partial charge >= 0.3 is 0 Å². The maximum atomic E-state index is 13.6. The van der Waals surface area contributed by atoms with Gasteiger partial charge in [0.1, 0.15) is 0 Å². The first-order chi connectivity index (χ1) is 9.39. The molecule has 106 valence electrons. The van der Waals surface area contributed by atoms with Crippen LogP contribution in [0.15, 0.2) is 42.9 Å². The number of hydrogen-bond acceptors (Lipinski definition) is 3. The lowest BCUT2D eigenvalue weighted by atomic mass is 9.89. The van der Waals surface area contributed by atoms with E-state index in [9.17, 15) is 9.18 Å². The standard InChI is InChI=1S/C15H17FN2O2/c1-15(2,3)12(19)14(18-9-4-5-10-18)20-11-7-6-8-17-13(11)16/h4-10,14H,1-3H3. The number of nitrogens with zero attached hydrogens (tertiary/aromatic N) is 2. The fourth-order valence-electron chi connectivity index (χ4n) is 1.70. The molecule has 0 N–H and O–H groups in total. The molecule has 0 aromatic carbocycles. The lowest BCUT2D eigenvalue weighted by molar-refractivity contribution is -0.137. The van der Waals surface area contributed by atoms with Crippen LogP contribution < -0.4 is 4.74 Å². The highest BCUT2D eigenvalue weighted by Gasteiger charge is 2.32. The highest BCUT2D eigenvalue weighted by Crippen LogP contribution is 2.27. The second kappa shape index (κ2) is 5.45. The molecule has 0 fully saturated rings. The number of ketones is 1. The molecule has 1 atom stereocenters. The van der Waals surface area contributed by atoms with Crippen LogP contribution >= 0.6 is 0 Å². The van der Waals surface area contributed by atoms with E-state index in [2.05, 4.69) is 4.98 Å². The maximum Gasteiger partial charge on any atom is 0.255 e. The monoisotopic (exact) mass is 276 g/mol. The number of hydrogen-bond donors (Lipinski definition) is 0. The zero-order chi connectivity index (χ0) is 14.8. The van der Waals surface area contributed by atoms with Gasteiger partial charge in [-0.05, 0) is 24.3 Å². The van der Waals surface area contributed by atoms with Crippen molar-refractivity contribution in [3.05, 3.63) is 48.8 Å². The van der Waals surface area contributed by atoms with E-state index in [1.165, 1.54) is 12.3 Å². The average molecular weight is 276 g/mol. The van der Waals surface area contributed by atoms with Gasteiger partial charge in [0.15, 0.2) is 11.5 Å². The molecule has 20 heavy (non-hydrogen) atoms. The van der Waals surface area contributed by atoms with E-state index in [1.807, 2.05) is 0 Å². The molecule has 5 heteroatoms. The van der Waals surface area contributed by atoms with Crippen LogP contribution in [0.3, 0.4) is 0 Å². The Morgan fingerprint density at radius 3 is 2.50 bits per heavy atom. The van der Waals surface area contributed by atoms with Gasteiger partial charge in [-0.2, -0.15) is 4.39 Å². The van der Waals surface area contributed by atoms with Crippen LogP contribution in [0.5, 0.6) is 5.75 Å². The molecule has 0 bridgehead atoms. The van der Waals surface area contributed by atoms with Gasteiger partial charge in [0.25, 0.3) is 5.95 Å². The molecule has 0 aliphatic rings. The molecule has 0 spiro atoms. The summed E-state index contributed by atoms with van der Waals surface area (Å²) in [5.74, 6) is -0.910. The zero-order valence-electron chi connectivity index (χ0n) is 11.7. The molecule has 0 radical (unpaired) electrons. The predicted molar refractivity (Wildman–Crippen MR) is 72.8 cm³/mol. The Morgan fingerprint density at radius 2 is 1.95 bits per heavy atom. The quantitative estimate of drug-likeness (QED) is 0.805. The molecule has 0 aliphatic heterocycles. The minimum atomic E-state index is -0.913. The summed E-state index contributed by atoms with van der Waals surface area (Å²) in [4.78, 5) is 16.0. The minimum Gasteiger partial charge on any atom is -0.458 e. The maximum absolute atomic E-state index is 13.6. The van der Waals surface area contributed by atoms with Gasteiger partial charge in [0, 0.05) is 24.0 Å². The topological polar surface area (TPSA) is 44.1 Å². The van der Waals surface area contributed by atoms with Crippen LogP contribution in [0.2, 0.25) is 0 Å². The van der Waals surface area contributed by atoms with Crippen LogP contribution in [0, 0.1) is 11.4 Å². The Kier molecular flexibility index (Phi) is 3.88. The van der Waals surface area contributed by atoms with Crippen LogP contribution in [-0.4, -0.2) is 15.3 Å². The van der Waals surface area contributed by atoms with Gasteiger partial charge in [-0.25, -0.2) is 4.98 Å². The minimum absolute atomic E-state index is 0.0381. The number of carbonyl (C=O) groups excluding carboxylic acids is 1. The molecule has 2 aromatic heterocycles. The summed E-state index contributed by atoms with van der Waals surface area (Å²) in [7, 11) is 0. The second-order valence-corrected chi connectivity index (χ2v) is 5.51. The van der Waals surface area contributed by atoms with E-state index in [0.29, 0.717) is 0 Å². The average Bonchev–Trinajstić information content (AvgIpc) is 2.89. The number of aromatic nitrogens is 2. The van der Waals surface area contributed by atoms with Crippen LogP contribution in [0.1, 0.15) is 27.0 Å². The Bertz CT molecular complexity index is 588. The molecule has 0 amide bonds. The molecule has 0 aliphatic carbocycles. The SMILES string of the molecule is CC(C)(C)C(=O)C(Oc1cccnc1F)n1cccc1. The Morgan fingerprint density at radius 1 is 1.30 bits per heavy atom. The van der Waals surface area contributed by atoms with Crippen LogP contribution in [-0.2, 0) is 4.79 Å². The van der Waals surface area contributed by atoms with Crippen molar-refractivity contribution < 1.29 is 13.9 Å². The summed E-state index contributed by atoms with van der Waals surface area (Å²) in [6.45, 7) is 5.40. The van der Waals surface area contributed by atoms with Gasteiger partial charge < -0.3 is 9.30 Å². The number of halogens is 1. The zero-order valence-corrected chi connectivity index (χ0v) is 11.7. The van der Waals surface area contributed by atoms with E-state index in [-0.39, 0.29) is 11.5 Å². The van der Waals surface area contributed by atoms with Gasteiger partial charge in [0.2, 0.25) is 6.23 Å². The molecular weight excluding hydrogens is 259 g/mol. The van der Waals surface area contributed by atoms with Crippen molar-refractivity contribution in [1.29, 1.82) is 0 Å². The number of ether oxygens (including phenoxy) is 1. The van der Waals surface area contributed by atoms with E-state index in [4.69, 9.17) is 4.74 Å². The molecule has 2 heterocycles. The van der Waals surface area contributed by atoms with Crippen molar-refractivity contribution in [2.45, 2.75) is 27.0 Å². The summed E-state index contributed by atoms with van der Waals surface area (Å²) < 4.78 is 20.8. The van der Waals surface area contributed by atoms with Crippen molar-refractivity contribution in [3.63, 3.8) is 0 Å². The van der Waals surface area contributed by atoms with E-state index in [0.717, 1.165) is 0 Å². The highest BCUT2D eigenvalue weighted by molar-refractivity contribution is 5.86. The Hall–Kier alpha value is -2.17. The first kappa shape index (κ1) is 14.2. The third-order valence-corrected chi connectivity index (χ3v) is 2.83. The first-order valence-electron chi connectivity index (χ1n) is 6.33. The molecule has 0 saturated carbocycles. The van der Waals surface area contributed by atoms with Gasteiger partial charge in [0.05, 0.1) is 0 Å². The number of pyridine rings is 1. The molecular formula is C15H17FN2O2. The van der Waals surface area contributed by atoms with E-state index < -0.39 is 17.6 Å². The molecule has 2 aromatic rings. The smallest absolute Gasteiger partial charge is 0.255 e. The molecule has 1 unspecified atom stereocenters. The highest BCUT2D eigenvalue weighted by atomic mass is 19.1. The molecule has 2 rings (SSSR count). The Labute approximate surface area is 117 Å². The third kappa shape index (κ3) is 3.04. The van der Waals surface area contributed by atoms with E-state index in [1.54, 1.807) is 55.9 Å². The molecule has 4 nitrogen and oxygen atoms in total. The van der Waals surface area contributed by atoms with E-state index >= 15 is 0 Å². The van der Waals surface area contributed by atoms with Gasteiger partial charge in [-0.1, -0.05) is 20.8 Å². The second-order valence-electron chi connectivity index (χ2n) is 5.51. The fourth-order valence-corrected chi connectivity index (χ4v) is 1.70. The fraction of sp³-hybridized carbons (Fsp3) is 0.333. The van der Waals surface area contributed by atoms with Crippen molar-refractivity contribution in [1.82, 2.24) is 9.55 Å². The summed E-state index contributed by atoms with van der Waals surface area (Å²) in [6, 6.07) is 6.58. The summed E-state index contributed by atoms with van der Waals surface area (Å²) in [6.07, 6.45) is 3.84. The number of rotatable bonds is 4. The number of carbonyl (C=O) groups is 1. The lowest BCUT2D eigenvalue weighted by Gasteiger charge is -2.26. The first-order valence-corrected chi connectivity index (χ1v) is 6.33. The normalized spacial score (nSPS) is 13.0. The van der Waals surface area contributed by atoms with Crippen molar-refractivity contribution in [2.24, 2.45) is 5.41 Å². The molecule has 0 saturated heterocycles. The predicted octanol–water partition coefficient (Wildman–Crippen LogP) is 3.22. The van der Waals surface area contributed by atoms with Crippen LogP contribution in [0.4, 0.5) is 4.39 Å². The van der Waals surface area contributed by atoms with Crippen molar-refractivity contribution in [2.75, 3.05) is 0 Å². The van der Waals surface area contributed by atoms with Crippen LogP contribution in [0.25, 0.3) is 0 Å². The third-order valence-electron chi connectivity index (χ3n) is 2.83.